The highest BCUT2D eigenvalue weighted by atomic mass is 32.1. The van der Waals surface area contributed by atoms with E-state index in [0.29, 0.717) is 0 Å². The number of thiocarbonyl (C=S) groups is 1. The highest BCUT2D eigenvalue weighted by Crippen LogP contribution is 2.08. The van der Waals surface area contributed by atoms with Crippen molar-refractivity contribution in [1.82, 2.24) is 0 Å². The molecule has 0 fully saturated rings. The minimum atomic E-state index is 0.831. The molecular weight excluding hydrogens is 240 g/mol. The van der Waals surface area contributed by atoms with Crippen LogP contribution in [-0.4, -0.2) is 11.7 Å². The quantitative estimate of drug-likeness (QED) is 0.298. The van der Waals surface area contributed by atoms with Crippen molar-refractivity contribution in [1.29, 1.82) is 0 Å². The van der Waals surface area contributed by atoms with Gasteiger partial charge in [-0.15, -0.1) is 0 Å². The van der Waals surface area contributed by atoms with Gasteiger partial charge in [-0.3, -0.25) is 0 Å². The van der Waals surface area contributed by atoms with E-state index in [1.807, 2.05) is 0 Å². The van der Waals surface area contributed by atoms with Crippen LogP contribution in [0.2, 0.25) is 0 Å². The maximum Gasteiger partial charge on any atom is 0.159 e. The maximum absolute atomic E-state index is 5.58. The Morgan fingerprint density at radius 3 is 1.83 bits per heavy atom. The largest absolute Gasteiger partial charge is 0.487 e. The number of unbranched alkanes of at least 4 members (excludes halogenated alkanes) is 9. The molecule has 0 atom stereocenters. The third-order valence-corrected chi connectivity index (χ3v) is 3.57. The lowest BCUT2D eigenvalue weighted by Gasteiger charge is -2.07. The Labute approximate surface area is 120 Å². The van der Waals surface area contributed by atoms with Crippen LogP contribution in [0.5, 0.6) is 0 Å². The monoisotopic (exact) mass is 272 g/mol. The average Bonchev–Trinajstić information content (AvgIpc) is 2.38. The van der Waals surface area contributed by atoms with Gasteiger partial charge in [0, 0.05) is 6.42 Å². The molecule has 0 N–H and O–H groups in total. The molecule has 0 unspecified atom stereocenters. The molecule has 0 aliphatic rings. The van der Waals surface area contributed by atoms with Crippen molar-refractivity contribution >= 4 is 17.3 Å². The fourth-order valence-corrected chi connectivity index (χ4v) is 2.24. The van der Waals surface area contributed by atoms with Crippen molar-refractivity contribution in [3.63, 3.8) is 0 Å². The lowest BCUT2D eigenvalue weighted by molar-refractivity contribution is 0.290. The summed E-state index contributed by atoms with van der Waals surface area (Å²) in [4.78, 5) is 0. The van der Waals surface area contributed by atoms with E-state index in [2.05, 4.69) is 13.8 Å². The molecule has 0 radical (unpaired) electrons. The predicted octanol–water partition coefficient (Wildman–Crippen LogP) is 6.05. The fraction of sp³-hybridized carbons (Fsp3) is 0.938. The van der Waals surface area contributed by atoms with Crippen molar-refractivity contribution in [2.75, 3.05) is 6.61 Å². The smallest absolute Gasteiger partial charge is 0.159 e. The van der Waals surface area contributed by atoms with Gasteiger partial charge in [0.25, 0.3) is 0 Å². The molecule has 0 rings (SSSR count). The molecule has 2 heteroatoms. The average molecular weight is 272 g/mol. The van der Waals surface area contributed by atoms with Crippen LogP contribution >= 0.6 is 12.2 Å². The second-order valence-corrected chi connectivity index (χ2v) is 5.61. The lowest BCUT2D eigenvalue weighted by Crippen LogP contribution is -2.03. The SMILES string of the molecule is CCCCCCCCCOC(=S)CCCCCC. The predicted molar refractivity (Wildman–Crippen MR) is 85.3 cm³/mol. The second kappa shape index (κ2) is 14.9. The van der Waals surface area contributed by atoms with Crippen LogP contribution in [0.4, 0.5) is 0 Å². The van der Waals surface area contributed by atoms with Crippen LogP contribution in [-0.2, 0) is 4.74 Å². The number of rotatable bonds is 13. The van der Waals surface area contributed by atoms with Crippen LogP contribution in [0.25, 0.3) is 0 Å². The van der Waals surface area contributed by atoms with Crippen LogP contribution in [0, 0.1) is 0 Å². The Balaban J connectivity index is 3.10. The first-order valence-corrected chi connectivity index (χ1v) is 8.37. The molecule has 0 aromatic carbocycles. The molecule has 0 amide bonds. The molecule has 0 heterocycles. The summed E-state index contributed by atoms with van der Waals surface area (Å²) in [6, 6.07) is 0. The summed E-state index contributed by atoms with van der Waals surface area (Å²) < 4.78 is 5.58. The summed E-state index contributed by atoms with van der Waals surface area (Å²) in [5.74, 6) is 0. The minimum absolute atomic E-state index is 0.831. The van der Waals surface area contributed by atoms with Gasteiger partial charge in [-0.25, -0.2) is 0 Å². The van der Waals surface area contributed by atoms with Crippen molar-refractivity contribution in [2.45, 2.75) is 90.9 Å². The molecule has 0 bridgehead atoms. The van der Waals surface area contributed by atoms with Crippen LogP contribution < -0.4 is 0 Å². The summed E-state index contributed by atoms with van der Waals surface area (Å²) in [7, 11) is 0. The molecule has 0 aliphatic heterocycles. The van der Waals surface area contributed by atoms with E-state index in [1.54, 1.807) is 0 Å². The normalized spacial score (nSPS) is 10.6. The third kappa shape index (κ3) is 14.0. The molecule has 108 valence electrons. The van der Waals surface area contributed by atoms with E-state index in [9.17, 15) is 0 Å². The summed E-state index contributed by atoms with van der Waals surface area (Å²) in [5, 5.41) is 0.831. The second-order valence-electron chi connectivity index (χ2n) is 5.15. The first-order chi connectivity index (χ1) is 8.81. The zero-order valence-corrected chi connectivity index (χ0v) is 13.3. The minimum Gasteiger partial charge on any atom is -0.487 e. The van der Waals surface area contributed by atoms with E-state index in [1.165, 1.54) is 70.6 Å². The molecule has 18 heavy (non-hydrogen) atoms. The standard InChI is InChI=1S/C16H32OS/c1-3-5-7-9-10-11-13-15-17-16(18)14-12-8-6-4-2/h3-15H2,1-2H3. The van der Waals surface area contributed by atoms with E-state index < -0.39 is 0 Å². The Morgan fingerprint density at radius 1 is 0.722 bits per heavy atom. The highest BCUT2D eigenvalue weighted by molar-refractivity contribution is 7.80. The molecular formula is C16H32OS. The van der Waals surface area contributed by atoms with Gasteiger partial charge in [-0.1, -0.05) is 71.6 Å². The zero-order chi connectivity index (χ0) is 13.5. The third-order valence-electron chi connectivity index (χ3n) is 3.25. The molecule has 0 saturated carbocycles. The Kier molecular flexibility index (Phi) is 14.9. The number of ether oxygens (including phenoxy) is 1. The number of hydrogen-bond acceptors (Lipinski definition) is 2. The Hall–Kier alpha value is -0.110. The highest BCUT2D eigenvalue weighted by Gasteiger charge is 1.98. The van der Waals surface area contributed by atoms with E-state index in [0.717, 1.165) is 18.1 Å². The first-order valence-electron chi connectivity index (χ1n) is 7.96. The van der Waals surface area contributed by atoms with Crippen LogP contribution in [0.3, 0.4) is 0 Å². The van der Waals surface area contributed by atoms with Crippen molar-refractivity contribution < 1.29 is 4.74 Å². The Bertz CT molecular complexity index is 180. The van der Waals surface area contributed by atoms with Gasteiger partial charge >= 0.3 is 0 Å². The van der Waals surface area contributed by atoms with E-state index in [4.69, 9.17) is 17.0 Å². The molecule has 0 aromatic rings. The van der Waals surface area contributed by atoms with Gasteiger partial charge in [0.15, 0.2) is 5.05 Å². The maximum atomic E-state index is 5.58. The van der Waals surface area contributed by atoms with Gasteiger partial charge in [-0.2, -0.15) is 0 Å². The molecule has 0 aliphatic carbocycles. The van der Waals surface area contributed by atoms with Gasteiger partial charge in [0.2, 0.25) is 0 Å². The number of hydrogen-bond donors (Lipinski definition) is 0. The summed E-state index contributed by atoms with van der Waals surface area (Å²) in [6.45, 7) is 5.32. The van der Waals surface area contributed by atoms with Crippen LogP contribution in [0.1, 0.15) is 90.9 Å². The van der Waals surface area contributed by atoms with Crippen molar-refractivity contribution in [3.05, 3.63) is 0 Å². The van der Waals surface area contributed by atoms with Gasteiger partial charge < -0.3 is 4.74 Å². The van der Waals surface area contributed by atoms with Crippen molar-refractivity contribution in [3.8, 4) is 0 Å². The van der Waals surface area contributed by atoms with Gasteiger partial charge in [-0.05, 0) is 25.1 Å². The Morgan fingerprint density at radius 2 is 1.22 bits per heavy atom. The van der Waals surface area contributed by atoms with E-state index in [-0.39, 0.29) is 0 Å². The lowest BCUT2D eigenvalue weighted by atomic mass is 10.1. The van der Waals surface area contributed by atoms with Gasteiger partial charge in [0.1, 0.15) is 0 Å². The first kappa shape index (κ1) is 17.9. The van der Waals surface area contributed by atoms with Crippen LogP contribution in [0.15, 0.2) is 0 Å². The molecule has 0 spiro atoms. The van der Waals surface area contributed by atoms with Gasteiger partial charge in [0.05, 0.1) is 6.61 Å². The summed E-state index contributed by atoms with van der Waals surface area (Å²) >= 11 is 5.22. The molecule has 0 aromatic heterocycles. The molecule has 1 nitrogen and oxygen atoms in total. The summed E-state index contributed by atoms with van der Waals surface area (Å²) in [6.07, 6.45) is 15.4. The van der Waals surface area contributed by atoms with E-state index >= 15 is 0 Å². The zero-order valence-electron chi connectivity index (χ0n) is 12.5. The topological polar surface area (TPSA) is 9.23 Å². The molecule has 0 saturated heterocycles. The fourth-order valence-electron chi connectivity index (χ4n) is 2.01. The summed E-state index contributed by atoms with van der Waals surface area (Å²) in [5.41, 5.74) is 0. The van der Waals surface area contributed by atoms with Crippen molar-refractivity contribution in [2.24, 2.45) is 0 Å².